The lowest BCUT2D eigenvalue weighted by Crippen LogP contribution is -2.30. The highest BCUT2D eigenvalue weighted by molar-refractivity contribution is 6.46. The molecule has 1 heterocycles. The number of halogens is 2. The van der Waals surface area contributed by atoms with Crippen molar-refractivity contribution in [1.82, 2.24) is 4.90 Å². The van der Waals surface area contributed by atoms with Crippen LogP contribution >= 0.6 is 11.6 Å². The van der Waals surface area contributed by atoms with E-state index in [9.17, 15) is 19.1 Å². The number of benzene rings is 2. The molecular formula is C22H19ClFNO4. The number of rotatable bonds is 6. The fourth-order valence-electron chi connectivity index (χ4n) is 3.30. The lowest BCUT2D eigenvalue weighted by molar-refractivity contribution is -0.139. The first kappa shape index (κ1) is 20.6. The Morgan fingerprint density at radius 2 is 2.03 bits per heavy atom. The maximum atomic E-state index is 14.5. The zero-order valence-electron chi connectivity index (χ0n) is 15.7. The Morgan fingerprint density at radius 3 is 2.66 bits per heavy atom. The van der Waals surface area contributed by atoms with E-state index in [1.54, 1.807) is 19.1 Å². The molecule has 7 heteroatoms. The largest absolute Gasteiger partial charge is 0.507 e. The second kappa shape index (κ2) is 8.49. The molecule has 0 spiro atoms. The average Bonchev–Trinajstić information content (AvgIpc) is 2.94. The normalized spacial score (nSPS) is 18.2. The molecule has 3 rings (SSSR count). The Labute approximate surface area is 172 Å². The van der Waals surface area contributed by atoms with E-state index < -0.39 is 29.3 Å². The molecule has 1 saturated heterocycles. The van der Waals surface area contributed by atoms with E-state index in [4.69, 9.17) is 16.3 Å². The Bertz CT molecular complexity index is 1020. The van der Waals surface area contributed by atoms with Crippen LogP contribution in [-0.2, 0) is 9.59 Å². The van der Waals surface area contributed by atoms with Crippen molar-refractivity contribution in [2.45, 2.75) is 13.0 Å². The van der Waals surface area contributed by atoms with Crippen LogP contribution in [0.5, 0.6) is 5.75 Å². The monoisotopic (exact) mass is 415 g/mol. The highest BCUT2D eigenvalue weighted by Gasteiger charge is 2.46. The number of amides is 1. The molecule has 1 fully saturated rings. The average molecular weight is 416 g/mol. The fraction of sp³-hybridized carbons (Fsp3) is 0.182. The van der Waals surface area contributed by atoms with Crippen LogP contribution < -0.4 is 4.74 Å². The van der Waals surface area contributed by atoms with Gasteiger partial charge in [-0.15, -0.1) is 6.58 Å². The first-order valence-electron chi connectivity index (χ1n) is 8.97. The highest BCUT2D eigenvalue weighted by atomic mass is 35.5. The molecule has 2 aromatic carbocycles. The van der Waals surface area contributed by atoms with E-state index in [0.717, 1.165) is 0 Å². The standard InChI is InChI=1S/C22H19ClFNO4/c1-3-11-25-19(14-7-5-6-8-16(14)24)18(21(27)22(25)28)20(26)13-9-10-17(29-4-2)15(23)12-13/h3,5-10,12,19,26H,1,4,11H2,2H3/b20-18-. The van der Waals surface area contributed by atoms with Gasteiger partial charge >= 0.3 is 0 Å². The minimum absolute atomic E-state index is 0.0182. The summed E-state index contributed by atoms with van der Waals surface area (Å²) in [4.78, 5) is 26.5. The second-order valence-electron chi connectivity index (χ2n) is 6.34. The molecule has 0 aliphatic carbocycles. The summed E-state index contributed by atoms with van der Waals surface area (Å²) >= 11 is 6.19. The molecule has 1 N–H and O–H groups in total. The van der Waals surface area contributed by atoms with Gasteiger partial charge < -0.3 is 14.7 Å². The molecule has 1 atom stereocenters. The van der Waals surface area contributed by atoms with Crippen LogP contribution in [0.3, 0.4) is 0 Å². The Morgan fingerprint density at radius 1 is 1.31 bits per heavy atom. The number of ether oxygens (including phenoxy) is 1. The number of ketones is 1. The van der Waals surface area contributed by atoms with Crippen LogP contribution in [0, 0.1) is 5.82 Å². The molecule has 1 unspecified atom stereocenters. The Kier molecular flexibility index (Phi) is 6.03. The summed E-state index contributed by atoms with van der Waals surface area (Å²) in [5.41, 5.74) is 0.116. The summed E-state index contributed by atoms with van der Waals surface area (Å²) in [6.07, 6.45) is 1.44. The summed E-state index contributed by atoms with van der Waals surface area (Å²) in [5.74, 6) is -2.35. The van der Waals surface area contributed by atoms with Gasteiger partial charge in [-0.3, -0.25) is 9.59 Å². The van der Waals surface area contributed by atoms with Crippen molar-refractivity contribution in [1.29, 1.82) is 0 Å². The van der Waals surface area contributed by atoms with Gasteiger partial charge in [-0.25, -0.2) is 4.39 Å². The molecule has 1 aliphatic heterocycles. The zero-order chi connectivity index (χ0) is 21.1. The molecule has 5 nitrogen and oxygen atoms in total. The Balaban J connectivity index is 2.19. The van der Waals surface area contributed by atoms with Crippen LogP contribution in [0.2, 0.25) is 5.02 Å². The number of carbonyl (C=O) groups is 2. The van der Waals surface area contributed by atoms with Crippen molar-refractivity contribution < 1.29 is 23.8 Å². The van der Waals surface area contributed by atoms with Gasteiger partial charge in [0.05, 0.1) is 23.2 Å². The summed E-state index contributed by atoms with van der Waals surface area (Å²) in [5, 5.41) is 11.1. The van der Waals surface area contributed by atoms with E-state index >= 15 is 0 Å². The van der Waals surface area contributed by atoms with E-state index in [1.807, 2.05) is 0 Å². The van der Waals surface area contributed by atoms with Crippen molar-refractivity contribution in [3.8, 4) is 5.75 Å². The quantitative estimate of drug-likeness (QED) is 0.327. The van der Waals surface area contributed by atoms with Gasteiger partial charge in [0.2, 0.25) is 0 Å². The van der Waals surface area contributed by atoms with E-state index in [-0.39, 0.29) is 28.3 Å². The molecule has 1 aliphatic rings. The van der Waals surface area contributed by atoms with Crippen LogP contribution in [0.15, 0.2) is 60.7 Å². The predicted molar refractivity (Wildman–Crippen MR) is 108 cm³/mol. The number of hydrogen-bond donors (Lipinski definition) is 1. The smallest absolute Gasteiger partial charge is 0.295 e. The van der Waals surface area contributed by atoms with Gasteiger partial charge in [-0.1, -0.05) is 35.9 Å². The van der Waals surface area contributed by atoms with Gasteiger partial charge in [-0.2, -0.15) is 0 Å². The molecule has 1 amide bonds. The number of likely N-dealkylation sites (tertiary alicyclic amines) is 1. The number of Topliss-reactive ketones (excluding diaryl/α,β-unsaturated/α-hetero) is 1. The molecule has 150 valence electrons. The van der Waals surface area contributed by atoms with Crippen LogP contribution in [0.4, 0.5) is 4.39 Å². The van der Waals surface area contributed by atoms with E-state index in [0.29, 0.717) is 12.4 Å². The Hall–Kier alpha value is -3.12. The first-order valence-corrected chi connectivity index (χ1v) is 9.34. The summed E-state index contributed by atoms with van der Waals surface area (Å²) in [6, 6.07) is 9.23. The first-order chi connectivity index (χ1) is 13.9. The minimum Gasteiger partial charge on any atom is -0.507 e. The topological polar surface area (TPSA) is 66.8 Å². The summed E-state index contributed by atoms with van der Waals surface area (Å²) in [6.45, 7) is 5.82. The third-order valence-electron chi connectivity index (χ3n) is 4.57. The van der Waals surface area contributed by atoms with Crippen molar-refractivity contribution in [2.24, 2.45) is 0 Å². The van der Waals surface area contributed by atoms with Gasteiger partial charge in [0.1, 0.15) is 17.3 Å². The van der Waals surface area contributed by atoms with E-state index in [1.165, 1.54) is 41.3 Å². The van der Waals surface area contributed by atoms with Crippen LogP contribution in [-0.4, -0.2) is 34.8 Å². The summed E-state index contributed by atoms with van der Waals surface area (Å²) in [7, 11) is 0. The maximum absolute atomic E-state index is 14.5. The zero-order valence-corrected chi connectivity index (χ0v) is 16.4. The highest BCUT2D eigenvalue weighted by Crippen LogP contribution is 2.40. The fourth-order valence-corrected chi connectivity index (χ4v) is 3.54. The minimum atomic E-state index is -1.08. The number of aliphatic hydroxyl groups is 1. The third-order valence-corrected chi connectivity index (χ3v) is 4.87. The lowest BCUT2D eigenvalue weighted by atomic mass is 9.95. The number of carbonyl (C=O) groups excluding carboxylic acids is 2. The van der Waals surface area contributed by atoms with Crippen molar-refractivity contribution in [3.05, 3.63) is 82.7 Å². The maximum Gasteiger partial charge on any atom is 0.295 e. The van der Waals surface area contributed by atoms with Crippen molar-refractivity contribution in [2.75, 3.05) is 13.2 Å². The number of aliphatic hydroxyl groups excluding tert-OH is 1. The van der Waals surface area contributed by atoms with Gasteiger partial charge in [-0.05, 0) is 31.2 Å². The molecule has 0 bridgehead atoms. The number of nitrogens with zero attached hydrogens (tertiary/aromatic N) is 1. The van der Waals surface area contributed by atoms with E-state index in [2.05, 4.69) is 6.58 Å². The molecule has 0 radical (unpaired) electrons. The molecule has 29 heavy (non-hydrogen) atoms. The van der Waals surface area contributed by atoms with Crippen LogP contribution in [0.25, 0.3) is 5.76 Å². The molecule has 0 aromatic heterocycles. The number of hydrogen-bond acceptors (Lipinski definition) is 4. The van der Waals surface area contributed by atoms with Crippen LogP contribution in [0.1, 0.15) is 24.1 Å². The second-order valence-corrected chi connectivity index (χ2v) is 6.75. The molecule has 2 aromatic rings. The summed E-state index contributed by atoms with van der Waals surface area (Å²) < 4.78 is 19.9. The molecule has 0 saturated carbocycles. The predicted octanol–water partition coefficient (Wildman–Crippen LogP) is 4.49. The van der Waals surface area contributed by atoms with Crippen molar-refractivity contribution in [3.63, 3.8) is 0 Å². The van der Waals surface area contributed by atoms with Crippen molar-refractivity contribution >= 4 is 29.1 Å². The SMILES string of the molecule is C=CCN1C(=O)C(=O)/C(=C(\O)c2ccc(OCC)c(Cl)c2)C1c1ccccc1F. The third kappa shape index (κ3) is 3.76. The van der Waals surface area contributed by atoms with Gasteiger partial charge in [0.15, 0.2) is 0 Å². The van der Waals surface area contributed by atoms with Gasteiger partial charge in [0, 0.05) is 17.7 Å². The van der Waals surface area contributed by atoms with Gasteiger partial charge in [0.25, 0.3) is 11.7 Å². The lowest BCUT2D eigenvalue weighted by Gasteiger charge is -2.24. The molecular weight excluding hydrogens is 397 g/mol.